The summed E-state index contributed by atoms with van der Waals surface area (Å²) in [6, 6.07) is 0. The molecule has 0 aromatic carbocycles. The third-order valence-electron chi connectivity index (χ3n) is 9.01. The number of aliphatic hydroxyl groups excluding tert-OH is 1. The maximum absolute atomic E-state index is 13.2. The van der Waals surface area contributed by atoms with Crippen molar-refractivity contribution in [1.29, 1.82) is 0 Å². The number of carboxylic acid groups (broad SMARTS) is 1. The third kappa shape index (κ3) is 1.72. The van der Waals surface area contributed by atoms with E-state index in [0.29, 0.717) is 32.1 Å². The van der Waals surface area contributed by atoms with Gasteiger partial charge in [0.25, 0.3) is 0 Å². The van der Waals surface area contributed by atoms with E-state index in [2.05, 4.69) is 0 Å². The monoisotopic (exact) mass is 350 g/mol. The van der Waals surface area contributed by atoms with E-state index >= 15 is 0 Å². The topological polar surface area (TPSA) is 94.8 Å². The second-order valence-corrected chi connectivity index (χ2v) is 9.84. The van der Waals surface area contributed by atoms with E-state index in [9.17, 15) is 24.9 Å². The van der Waals surface area contributed by atoms with Gasteiger partial charge in [-0.1, -0.05) is 20.3 Å². The number of Topliss-reactive ketones (excluding diaryl/α,β-unsaturated/α-hetero) is 1. The van der Waals surface area contributed by atoms with Crippen molar-refractivity contribution in [2.45, 2.75) is 77.4 Å². The van der Waals surface area contributed by atoms with Gasteiger partial charge in [-0.3, -0.25) is 9.59 Å². The summed E-state index contributed by atoms with van der Waals surface area (Å²) in [5.41, 5.74) is -3.91. The van der Waals surface area contributed by atoms with Gasteiger partial charge in [0.05, 0.1) is 22.5 Å². The van der Waals surface area contributed by atoms with E-state index in [0.717, 1.165) is 6.42 Å². The summed E-state index contributed by atoms with van der Waals surface area (Å²) in [4.78, 5) is 25.3. The lowest BCUT2D eigenvalue weighted by Crippen LogP contribution is -2.73. The first-order chi connectivity index (χ1) is 11.5. The molecule has 4 rings (SSSR count). The molecule has 5 heteroatoms. The summed E-state index contributed by atoms with van der Waals surface area (Å²) < 4.78 is 0. The number of hydrogen-bond acceptors (Lipinski definition) is 4. The minimum Gasteiger partial charge on any atom is -0.481 e. The van der Waals surface area contributed by atoms with Crippen molar-refractivity contribution in [3.63, 3.8) is 0 Å². The van der Waals surface area contributed by atoms with Crippen molar-refractivity contribution in [1.82, 2.24) is 0 Å². The number of rotatable bonds is 1. The molecule has 4 saturated carbocycles. The van der Waals surface area contributed by atoms with E-state index in [1.165, 1.54) is 0 Å². The van der Waals surface area contributed by atoms with Crippen molar-refractivity contribution in [3.05, 3.63) is 0 Å². The summed E-state index contributed by atoms with van der Waals surface area (Å²) >= 11 is 0. The van der Waals surface area contributed by atoms with Gasteiger partial charge in [-0.05, 0) is 51.4 Å². The van der Waals surface area contributed by atoms with Crippen LogP contribution in [0.5, 0.6) is 0 Å². The first kappa shape index (κ1) is 17.5. The molecule has 1 spiro atoms. The van der Waals surface area contributed by atoms with Crippen molar-refractivity contribution in [2.75, 3.05) is 0 Å². The zero-order chi connectivity index (χ0) is 18.4. The molecule has 3 N–H and O–H groups in total. The lowest BCUT2D eigenvalue weighted by Gasteiger charge is -2.68. The molecule has 0 aromatic rings. The van der Waals surface area contributed by atoms with Gasteiger partial charge in [-0.15, -0.1) is 0 Å². The summed E-state index contributed by atoms with van der Waals surface area (Å²) in [5.74, 6) is -1.12. The normalized spacial score (nSPS) is 57.7. The molecule has 140 valence electrons. The van der Waals surface area contributed by atoms with Gasteiger partial charge in [0.1, 0.15) is 5.78 Å². The fraction of sp³-hybridized carbons (Fsp3) is 0.900. The molecule has 0 radical (unpaired) electrons. The number of carboxylic acids is 1. The van der Waals surface area contributed by atoms with E-state index < -0.39 is 39.8 Å². The predicted octanol–water partition coefficient (Wildman–Crippen LogP) is 2.38. The minimum absolute atomic E-state index is 0.0733. The van der Waals surface area contributed by atoms with Crippen LogP contribution in [0.4, 0.5) is 0 Å². The fourth-order valence-corrected chi connectivity index (χ4v) is 7.78. The van der Waals surface area contributed by atoms with Crippen molar-refractivity contribution < 1.29 is 24.9 Å². The number of aliphatic hydroxyl groups is 2. The van der Waals surface area contributed by atoms with Crippen LogP contribution in [0.1, 0.15) is 65.7 Å². The van der Waals surface area contributed by atoms with Gasteiger partial charge in [-0.2, -0.15) is 0 Å². The Kier molecular flexibility index (Phi) is 3.40. The van der Waals surface area contributed by atoms with Crippen LogP contribution < -0.4 is 0 Å². The highest BCUT2D eigenvalue weighted by molar-refractivity contribution is 5.91. The van der Waals surface area contributed by atoms with E-state index in [-0.39, 0.29) is 24.0 Å². The van der Waals surface area contributed by atoms with Gasteiger partial charge in [0, 0.05) is 17.3 Å². The van der Waals surface area contributed by atoms with Crippen LogP contribution in [-0.2, 0) is 9.59 Å². The molecule has 0 saturated heterocycles. The van der Waals surface area contributed by atoms with E-state index in [1.807, 2.05) is 13.8 Å². The molecule has 4 aliphatic rings. The summed E-state index contributed by atoms with van der Waals surface area (Å²) in [6.07, 6.45) is 3.24. The van der Waals surface area contributed by atoms with Crippen LogP contribution in [-0.4, -0.2) is 38.8 Å². The van der Waals surface area contributed by atoms with Crippen molar-refractivity contribution in [3.8, 4) is 0 Å². The molecule has 4 aliphatic carbocycles. The number of carbonyl (C=O) groups excluding carboxylic acids is 1. The summed E-state index contributed by atoms with van der Waals surface area (Å²) in [6.45, 7) is 5.61. The molecule has 0 aliphatic heterocycles. The smallest absolute Gasteiger partial charge is 0.309 e. The van der Waals surface area contributed by atoms with Crippen LogP contribution in [0.15, 0.2) is 0 Å². The minimum atomic E-state index is -1.21. The summed E-state index contributed by atoms with van der Waals surface area (Å²) in [7, 11) is 0. The number of aliphatic carboxylic acids is 1. The Labute approximate surface area is 148 Å². The molecule has 25 heavy (non-hydrogen) atoms. The van der Waals surface area contributed by atoms with Crippen LogP contribution in [0.25, 0.3) is 0 Å². The van der Waals surface area contributed by atoms with Gasteiger partial charge in [0.2, 0.25) is 0 Å². The van der Waals surface area contributed by atoms with Gasteiger partial charge in [-0.25, -0.2) is 0 Å². The quantitative estimate of drug-likeness (QED) is 0.675. The lowest BCUT2D eigenvalue weighted by atomic mass is 9.38. The third-order valence-corrected chi connectivity index (χ3v) is 9.01. The molecule has 0 aromatic heterocycles. The lowest BCUT2D eigenvalue weighted by molar-refractivity contribution is -0.280. The second-order valence-electron chi connectivity index (χ2n) is 9.84. The Bertz CT molecular complexity index is 646. The fourth-order valence-electron chi connectivity index (χ4n) is 7.78. The van der Waals surface area contributed by atoms with Crippen molar-refractivity contribution in [2.24, 2.45) is 34.0 Å². The van der Waals surface area contributed by atoms with Gasteiger partial charge < -0.3 is 15.3 Å². The SMILES string of the molecule is C[C@H]1C(=O)[C@]23C[C@H]1CC[C@@]2(O)[C@]1(C)CCC[C@@](C)(C(=O)O)C1[C@H](O)C3. The Morgan fingerprint density at radius 1 is 1.16 bits per heavy atom. The average molecular weight is 350 g/mol. The Balaban J connectivity index is 1.90. The standard InChI is InChI=1S/C20H30O5/c1-11-12-5-8-20(25)18(3)7-4-6-17(2,16(23)24)14(18)13(21)10-19(20,9-12)15(11)22/h11-14,21,25H,4-10H2,1-3H3,(H,23,24)/t11-,12-,13-,14?,17-,18-,19-,20-/m1/s1. The highest BCUT2D eigenvalue weighted by Gasteiger charge is 2.77. The van der Waals surface area contributed by atoms with Crippen LogP contribution >= 0.6 is 0 Å². The number of hydrogen-bond donors (Lipinski definition) is 3. The van der Waals surface area contributed by atoms with Crippen LogP contribution in [0.2, 0.25) is 0 Å². The Morgan fingerprint density at radius 3 is 2.48 bits per heavy atom. The highest BCUT2D eigenvalue weighted by atomic mass is 16.4. The maximum atomic E-state index is 13.2. The molecule has 0 heterocycles. The molecule has 0 amide bonds. The molecular formula is C20H30O5. The molecule has 5 nitrogen and oxygen atoms in total. The number of fused-ring (bicyclic) bond motifs is 3. The highest BCUT2D eigenvalue weighted by Crippen LogP contribution is 2.72. The maximum Gasteiger partial charge on any atom is 0.309 e. The molecular weight excluding hydrogens is 320 g/mol. The predicted molar refractivity (Wildman–Crippen MR) is 90.7 cm³/mol. The largest absolute Gasteiger partial charge is 0.481 e. The Morgan fingerprint density at radius 2 is 1.84 bits per heavy atom. The molecule has 8 atom stereocenters. The zero-order valence-electron chi connectivity index (χ0n) is 15.4. The Hall–Kier alpha value is -0.940. The number of ketones is 1. The van der Waals surface area contributed by atoms with E-state index in [1.54, 1.807) is 6.92 Å². The molecule has 4 fully saturated rings. The number of carbonyl (C=O) groups is 2. The van der Waals surface area contributed by atoms with Crippen LogP contribution in [0.3, 0.4) is 0 Å². The first-order valence-electron chi connectivity index (χ1n) is 9.72. The van der Waals surface area contributed by atoms with Gasteiger partial charge in [0.15, 0.2) is 0 Å². The van der Waals surface area contributed by atoms with E-state index in [4.69, 9.17) is 0 Å². The average Bonchev–Trinajstić information content (AvgIpc) is 2.73. The summed E-state index contributed by atoms with van der Waals surface area (Å²) in [5, 5.41) is 33.0. The van der Waals surface area contributed by atoms with Crippen LogP contribution in [0, 0.1) is 34.0 Å². The molecule has 1 unspecified atom stereocenters. The first-order valence-corrected chi connectivity index (χ1v) is 9.72. The second kappa shape index (κ2) is 4.86. The molecule has 2 bridgehead atoms. The zero-order valence-corrected chi connectivity index (χ0v) is 15.4. The van der Waals surface area contributed by atoms with Gasteiger partial charge >= 0.3 is 5.97 Å². The van der Waals surface area contributed by atoms with Crippen molar-refractivity contribution >= 4 is 11.8 Å².